The summed E-state index contributed by atoms with van der Waals surface area (Å²) in [7, 11) is 0. The van der Waals surface area contributed by atoms with Gasteiger partial charge in [0.15, 0.2) is 17.5 Å². The molecule has 1 heterocycles. The van der Waals surface area contributed by atoms with Gasteiger partial charge in [0.05, 0.1) is 10.7 Å². The van der Waals surface area contributed by atoms with Gasteiger partial charge < -0.3 is 5.32 Å². The molecule has 0 spiro atoms. The highest BCUT2D eigenvalue weighted by Gasteiger charge is 2.13. The molecule has 0 unspecified atom stereocenters. The normalized spacial score (nSPS) is 10.5. The van der Waals surface area contributed by atoms with Crippen molar-refractivity contribution in [1.29, 1.82) is 0 Å². The van der Waals surface area contributed by atoms with E-state index in [1.165, 1.54) is 0 Å². The van der Waals surface area contributed by atoms with Crippen LogP contribution in [0.1, 0.15) is 19.0 Å². The number of benzene rings is 1. The van der Waals surface area contributed by atoms with E-state index in [-0.39, 0.29) is 5.82 Å². The lowest BCUT2D eigenvalue weighted by Crippen LogP contribution is -2.08. The summed E-state index contributed by atoms with van der Waals surface area (Å²) in [5, 5.41) is 3.51. The number of nitrogens with zero attached hydrogens (tertiary/aromatic N) is 2. The minimum atomic E-state index is -0.413. The third-order valence-corrected chi connectivity index (χ3v) is 3.00. The van der Waals surface area contributed by atoms with Crippen LogP contribution in [0.15, 0.2) is 24.3 Å². The summed E-state index contributed by atoms with van der Waals surface area (Å²) in [6.07, 6.45) is 0.893. The van der Waals surface area contributed by atoms with Gasteiger partial charge in [-0.2, -0.15) is 0 Å². The summed E-state index contributed by atoms with van der Waals surface area (Å²) in [6.45, 7) is 4.29. The van der Waals surface area contributed by atoms with Crippen LogP contribution >= 0.6 is 11.6 Å². The van der Waals surface area contributed by atoms with E-state index in [0.717, 1.165) is 6.42 Å². The molecule has 0 saturated heterocycles. The predicted molar refractivity (Wildman–Crippen MR) is 76.0 cm³/mol. The molecular weight excluding hydrogens is 265 g/mol. The van der Waals surface area contributed by atoms with E-state index in [2.05, 4.69) is 15.3 Å². The second-order valence-corrected chi connectivity index (χ2v) is 4.61. The highest BCUT2D eigenvalue weighted by atomic mass is 35.5. The monoisotopic (exact) mass is 279 g/mol. The summed E-state index contributed by atoms with van der Waals surface area (Å²) in [5.74, 6) is 0.247. The first-order valence-electron chi connectivity index (χ1n) is 6.16. The van der Waals surface area contributed by atoms with Crippen molar-refractivity contribution in [3.8, 4) is 11.4 Å². The van der Waals surface area contributed by atoms with Crippen LogP contribution in [0.2, 0.25) is 5.02 Å². The maximum atomic E-state index is 13.9. The third kappa shape index (κ3) is 3.01. The van der Waals surface area contributed by atoms with Crippen molar-refractivity contribution < 1.29 is 4.39 Å². The summed E-state index contributed by atoms with van der Waals surface area (Å²) < 4.78 is 13.9. The van der Waals surface area contributed by atoms with Crippen molar-refractivity contribution >= 4 is 17.4 Å². The van der Waals surface area contributed by atoms with Crippen LogP contribution in [-0.4, -0.2) is 16.5 Å². The number of hydrogen-bond donors (Lipinski definition) is 1. The molecule has 2 rings (SSSR count). The maximum absolute atomic E-state index is 13.9. The predicted octanol–water partition coefficient (Wildman–Crippen LogP) is 4.07. The first kappa shape index (κ1) is 13.7. The Hall–Kier alpha value is -1.68. The van der Waals surface area contributed by atoms with Crippen molar-refractivity contribution in [1.82, 2.24) is 9.97 Å². The van der Waals surface area contributed by atoms with E-state index in [9.17, 15) is 4.39 Å². The lowest BCUT2D eigenvalue weighted by atomic mass is 10.2. The van der Waals surface area contributed by atoms with Crippen LogP contribution in [0.3, 0.4) is 0 Å². The maximum Gasteiger partial charge on any atom is 0.186 e. The smallest absolute Gasteiger partial charge is 0.186 e. The molecule has 0 aliphatic heterocycles. The van der Waals surface area contributed by atoms with Crippen molar-refractivity contribution in [2.75, 3.05) is 11.9 Å². The topological polar surface area (TPSA) is 37.8 Å². The number of aromatic nitrogens is 2. The van der Waals surface area contributed by atoms with Crippen LogP contribution in [-0.2, 0) is 0 Å². The van der Waals surface area contributed by atoms with Crippen LogP contribution in [0.25, 0.3) is 11.4 Å². The first-order valence-corrected chi connectivity index (χ1v) is 6.54. The highest BCUT2D eigenvalue weighted by Crippen LogP contribution is 2.27. The molecule has 19 heavy (non-hydrogen) atoms. The van der Waals surface area contributed by atoms with Gasteiger partial charge in [-0.15, -0.1) is 0 Å². The average Bonchev–Trinajstić information content (AvgIpc) is 2.41. The molecule has 0 atom stereocenters. The number of halogens is 2. The van der Waals surface area contributed by atoms with Gasteiger partial charge in [0.1, 0.15) is 0 Å². The van der Waals surface area contributed by atoms with Gasteiger partial charge >= 0.3 is 0 Å². The zero-order chi connectivity index (χ0) is 13.8. The summed E-state index contributed by atoms with van der Waals surface area (Å²) in [6, 6.07) is 7.26. The second-order valence-electron chi connectivity index (χ2n) is 4.20. The molecule has 0 saturated carbocycles. The van der Waals surface area contributed by atoms with Crippen LogP contribution in [0.4, 0.5) is 10.2 Å². The summed E-state index contributed by atoms with van der Waals surface area (Å²) >= 11 is 6.11. The molecule has 0 aliphatic rings. The van der Waals surface area contributed by atoms with Crippen molar-refractivity contribution in [3.05, 3.63) is 40.8 Å². The number of nitrogens with one attached hydrogen (secondary N) is 1. The fourth-order valence-corrected chi connectivity index (χ4v) is 1.90. The zero-order valence-electron chi connectivity index (χ0n) is 10.9. The van der Waals surface area contributed by atoms with Crippen LogP contribution in [0.5, 0.6) is 0 Å². The molecular formula is C14H15ClFN3. The van der Waals surface area contributed by atoms with Gasteiger partial charge in [-0.25, -0.2) is 14.4 Å². The molecule has 2 aromatic rings. The van der Waals surface area contributed by atoms with Gasteiger partial charge in [0, 0.05) is 12.1 Å². The highest BCUT2D eigenvalue weighted by molar-refractivity contribution is 6.33. The summed E-state index contributed by atoms with van der Waals surface area (Å²) in [4.78, 5) is 8.38. The fourth-order valence-electron chi connectivity index (χ4n) is 1.68. The minimum absolute atomic E-state index is 0.226. The van der Waals surface area contributed by atoms with E-state index in [1.807, 2.05) is 25.1 Å². The zero-order valence-corrected chi connectivity index (χ0v) is 11.6. The fraction of sp³-hybridized carbons (Fsp3) is 0.286. The quantitative estimate of drug-likeness (QED) is 0.917. The summed E-state index contributed by atoms with van der Waals surface area (Å²) in [5.41, 5.74) is 1.01. The van der Waals surface area contributed by atoms with Crippen molar-refractivity contribution in [3.63, 3.8) is 0 Å². The van der Waals surface area contributed by atoms with E-state index in [1.54, 1.807) is 13.0 Å². The van der Waals surface area contributed by atoms with E-state index < -0.39 is 5.82 Å². The molecule has 1 aromatic heterocycles. The SMILES string of the molecule is CCCNc1nc(-c2ccccc2Cl)nc(C)c1F. The van der Waals surface area contributed by atoms with Crippen molar-refractivity contribution in [2.24, 2.45) is 0 Å². The largest absolute Gasteiger partial charge is 0.368 e. The molecule has 0 amide bonds. The molecule has 0 fully saturated rings. The second kappa shape index (κ2) is 5.97. The molecule has 100 valence electrons. The third-order valence-electron chi connectivity index (χ3n) is 2.67. The van der Waals surface area contributed by atoms with Gasteiger partial charge in [0.2, 0.25) is 0 Å². The Bertz CT molecular complexity index is 587. The molecule has 1 N–H and O–H groups in total. The van der Waals surface area contributed by atoms with E-state index in [0.29, 0.717) is 28.6 Å². The molecule has 1 aromatic carbocycles. The standard InChI is InChI=1S/C14H15ClFN3/c1-3-8-17-14-12(16)9(2)18-13(19-14)10-6-4-5-7-11(10)15/h4-7H,3,8H2,1-2H3,(H,17,18,19). The molecule has 0 radical (unpaired) electrons. The number of hydrogen-bond acceptors (Lipinski definition) is 3. The molecule has 3 nitrogen and oxygen atoms in total. The van der Waals surface area contributed by atoms with Gasteiger partial charge in [0.25, 0.3) is 0 Å². The van der Waals surface area contributed by atoms with E-state index in [4.69, 9.17) is 11.6 Å². The Morgan fingerprint density at radius 1 is 1.26 bits per heavy atom. The number of rotatable bonds is 4. The minimum Gasteiger partial charge on any atom is -0.368 e. The number of anilines is 1. The van der Waals surface area contributed by atoms with Gasteiger partial charge in [-0.05, 0) is 25.5 Å². The van der Waals surface area contributed by atoms with Crippen molar-refractivity contribution in [2.45, 2.75) is 20.3 Å². The molecule has 5 heteroatoms. The van der Waals surface area contributed by atoms with Gasteiger partial charge in [-0.3, -0.25) is 0 Å². The van der Waals surface area contributed by atoms with E-state index >= 15 is 0 Å². The Labute approximate surface area is 116 Å². The number of aryl methyl sites for hydroxylation is 1. The lowest BCUT2D eigenvalue weighted by Gasteiger charge is -2.10. The Kier molecular flexibility index (Phi) is 4.32. The van der Waals surface area contributed by atoms with Gasteiger partial charge in [-0.1, -0.05) is 30.7 Å². The lowest BCUT2D eigenvalue weighted by molar-refractivity contribution is 0.605. The molecule has 0 aliphatic carbocycles. The molecule has 0 bridgehead atoms. The Morgan fingerprint density at radius 2 is 2.00 bits per heavy atom. The Morgan fingerprint density at radius 3 is 2.68 bits per heavy atom. The average molecular weight is 280 g/mol. The first-order chi connectivity index (χ1) is 9.13. The Balaban J connectivity index is 2.47. The van der Waals surface area contributed by atoms with Crippen LogP contribution < -0.4 is 5.32 Å². The van der Waals surface area contributed by atoms with Crippen LogP contribution in [0, 0.1) is 12.7 Å².